The Labute approximate surface area is 112 Å². The quantitative estimate of drug-likeness (QED) is 0.921. The summed E-state index contributed by atoms with van der Waals surface area (Å²) in [5.41, 5.74) is 0.360. The molecule has 0 bridgehead atoms. The summed E-state index contributed by atoms with van der Waals surface area (Å²) < 4.78 is 40.1. The zero-order valence-corrected chi connectivity index (χ0v) is 11.8. The van der Waals surface area contributed by atoms with Gasteiger partial charge in [-0.05, 0) is 37.0 Å². The molecule has 4 nitrogen and oxygen atoms in total. The van der Waals surface area contributed by atoms with Crippen LogP contribution < -0.4 is 0 Å². The van der Waals surface area contributed by atoms with E-state index in [0.717, 1.165) is 12.5 Å². The Morgan fingerprint density at radius 2 is 2.11 bits per heavy atom. The number of halogens is 1. The fourth-order valence-electron chi connectivity index (χ4n) is 2.57. The van der Waals surface area contributed by atoms with Crippen LogP contribution in [0.15, 0.2) is 23.1 Å². The maximum Gasteiger partial charge on any atom is 0.246 e. The van der Waals surface area contributed by atoms with Crippen LogP contribution in [-0.2, 0) is 16.6 Å². The number of rotatable bonds is 3. The number of aliphatic hydroxyl groups excluding tert-OH is 1. The zero-order chi connectivity index (χ0) is 14.2. The molecule has 106 valence electrons. The number of nitrogens with zero attached hydrogens (tertiary/aromatic N) is 1. The average molecular weight is 287 g/mol. The first-order valence-corrected chi connectivity index (χ1v) is 7.71. The smallest absolute Gasteiger partial charge is 0.246 e. The van der Waals surface area contributed by atoms with Crippen molar-refractivity contribution in [1.29, 1.82) is 0 Å². The van der Waals surface area contributed by atoms with E-state index in [-0.39, 0.29) is 23.5 Å². The minimum atomic E-state index is -3.80. The minimum Gasteiger partial charge on any atom is -0.392 e. The van der Waals surface area contributed by atoms with Crippen molar-refractivity contribution in [2.75, 3.05) is 6.54 Å². The molecule has 1 aromatic carbocycles. The van der Waals surface area contributed by atoms with Crippen LogP contribution >= 0.6 is 0 Å². The first kappa shape index (κ1) is 14.4. The highest BCUT2D eigenvalue weighted by atomic mass is 32.2. The highest BCUT2D eigenvalue weighted by molar-refractivity contribution is 7.89. The molecule has 2 atom stereocenters. The van der Waals surface area contributed by atoms with Crippen LogP contribution in [0.1, 0.15) is 25.8 Å². The Morgan fingerprint density at radius 3 is 2.58 bits per heavy atom. The van der Waals surface area contributed by atoms with E-state index in [1.165, 1.54) is 16.4 Å². The highest BCUT2D eigenvalue weighted by Gasteiger charge is 2.37. The first-order chi connectivity index (χ1) is 8.86. The van der Waals surface area contributed by atoms with Crippen molar-refractivity contribution < 1.29 is 17.9 Å². The summed E-state index contributed by atoms with van der Waals surface area (Å²) in [5, 5.41) is 8.92. The van der Waals surface area contributed by atoms with Crippen LogP contribution in [-0.4, -0.2) is 30.4 Å². The van der Waals surface area contributed by atoms with Crippen molar-refractivity contribution in [2.45, 2.75) is 37.8 Å². The van der Waals surface area contributed by atoms with Crippen LogP contribution in [0.5, 0.6) is 0 Å². The molecule has 2 unspecified atom stereocenters. The van der Waals surface area contributed by atoms with E-state index in [0.29, 0.717) is 12.1 Å². The molecule has 0 amide bonds. The van der Waals surface area contributed by atoms with E-state index >= 15 is 0 Å². The largest absolute Gasteiger partial charge is 0.392 e. The van der Waals surface area contributed by atoms with E-state index in [9.17, 15) is 12.8 Å². The Bertz CT molecular complexity index is 573. The van der Waals surface area contributed by atoms with Crippen LogP contribution in [0.2, 0.25) is 0 Å². The molecule has 1 aliphatic rings. The third kappa shape index (κ3) is 2.66. The molecule has 1 heterocycles. The van der Waals surface area contributed by atoms with Gasteiger partial charge in [-0.1, -0.05) is 13.0 Å². The lowest BCUT2D eigenvalue weighted by Gasteiger charge is -2.21. The maximum atomic E-state index is 13.9. The molecule has 2 rings (SSSR count). The molecule has 0 radical (unpaired) electrons. The van der Waals surface area contributed by atoms with Gasteiger partial charge in [0, 0.05) is 12.6 Å². The summed E-state index contributed by atoms with van der Waals surface area (Å²) in [6.07, 6.45) is 0.787. The molecule has 6 heteroatoms. The van der Waals surface area contributed by atoms with Crippen molar-refractivity contribution in [3.8, 4) is 0 Å². The Kier molecular flexibility index (Phi) is 3.94. The van der Waals surface area contributed by atoms with Gasteiger partial charge >= 0.3 is 0 Å². The van der Waals surface area contributed by atoms with Gasteiger partial charge in [0.2, 0.25) is 10.0 Å². The normalized spacial score (nSPS) is 24.8. The lowest BCUT2D eigenvalue weighted by molar-refractivity contribution is 0.281. The van der Waals surface area contributed by atoms with E-state index in [1.54, 1.807) is 0 Å². The molecular weight excluding hydrogens is 269 g/mol. The summed E-state index contributed by atoms with van der Waals surface area (Å²) in [7, 11) is -3.80. The van der Waals surface area contributed by atoms with Gasteiger partial charge in [-0.3, -0.25) is 0 Å². The summed E-state index contributed by atoms with van der Waals surface area (Å²) >= 11 is 0. The highest BCUT2D eigenvalue weighted by Crippen LogP contribution is 2.30. The summed E-state index contributed by atoms with van der Waals surface area (Å²) in [6, 6.07) is 3.61. The molecule has 0 aliphatic carbocycles. The van der Waals surface area contributed by atoms with Gasteiger partial charge < -0.3 is 5.11 Å². The van der Waals surface area contributed by atoms with E-state index in [2.05, 4.69) is 0 Å². The molecule has 0 aromatic heterocycles. The van der Waals surface area contributed by atoms with E-state index < -0.39 is 15.8 Å². The van der Waals surface area contributed by atoms with Crippen LogP contribution in [0.4, 0.5) is 4.39 Å². The van der Waals surface area contributed by atoms with Gasteiger partial charge in [-0.15, -0.1) is 0 Å². The van der Waals surface area contributed by atoms with Crippen molar-refractivity contribution >= 4 is 10.0 Å². The second-order valence-corrected chi connectivity index (χ2v) is 7.05. The van der Waals surface area contributed by atoms with Crippen LogP contribution in [0, 0.1) is 11.7 Å². The number of hydrogen-bond acceptors (Lipinski definition) is 3. The predicted molar refractivity (Wildman–Crippen MR) is 69.5 cm³/mol. The second-order valence-electron chi connectivity index (χ2n) is 5.19. The molecule has 1 aliphatic heterocycles. The topological polar surface area (TPSA) is 57.6 Å². The Morgan fingerprint density at radius 1 is 1.42 bits per heavy atom. The van der Waals surface area contributed by atoms with E-state index in [4.69, 9.17) is 5.11 Å². The van der Waals surface area contributed by atoms with E-state index in [1.807, 2.05) is 13.8 Å². The Balaban J connectivity index is 2.40. The molecule has 0 saturated carbocycles. The van der Waals surface area contributed by atoms with Crippen LogP contribution in [0.3, 0.4) is 0 Å². The van der Waals surface area contributed by atoms with Crippen LogP contribution in [0.25, 0.3) is 0 Å². The van der Waals surface area contributed by atoms with Crippen molar-refractivity contribution in [1.82, 2.24) is 4.31 Å². The van der Waals surface area contributed by atoms with Gasteiger partial charge in [-0.2, -0.15) is 4.31 Å². The predicted octanol–water partition coefficient (Wildman–Crippen LogP) is 1.74. The lowest BCUT2D eigenvalue weighted by atomic mass is 10.1. The SMILES string of the molecule is CC1CC(C)N(S(=O)(=O)c2ccc(CO)cc2F)C1. The number of hydrogen-bond donors (Lipinski definition) is 1. The fourth-order valence-corrected chi connectivity index (χ4v) is 4.38. The third-order valence-electron chi connectivity index (χ3n) is 3.49. The molecule has 1 N–H and O–H groups in total. The van der Waals surface area contributed by atoms with Gasteiger partial charge in [0.05, 0.1) is 6.61 Å². The van der Waals surface area contributed by atoms with Gasteiger partial charge in [0.1, 0.15) is 10.7 Å². The van der Waals surface area contributed by atoms with Gasteiger partial charge in [0.15, 0.2) is 0 Å². The van der Waals surface area contributed by atoms with Crippen molar-refractivity contribution in [2.24, 2.45) is 5.92 Å². The zero-order valence-electron chi connectivity index (χ0n) is 11.0. The van der Waals surface area contributed by atoms with Crippen molar-refractivity contribution in [3.05, 3.63) is 29.6 Å². The van der Waals surface area contributed by atoms with Gasteiger partial charge in [0.25, 0.3) is 0 Å². The average Bonchev–Trinajstić information content (AvgIpc) is 2.68. The minimum absolute atomic E-state index is 0.114. The molecule has 19 heavy (non-hydrogen) atoms. The summed E-state index contributed by atoms with van der Waals surface area (Å²) in [5.74, 6) is -0.525. The second kappa shape index (κ2) is 5.19. The van der Waals surface area contributed by atoms with Gasteiger partial charge in [-0.25, -0.2) is 12.8 Å². The summed E-state index contributed by atoms with van der Waals surface area (Å²) in [4.78, 5) is -0.314. The fraction of sp³-hybridized carbons (Fsp3) is 0.538. The monoisotopic (exact) mass is 287 g/mol. The molecule has 1 aromatic rings. The third-order valence-corrected chi connectivity index (χ3v) is 5.51. The molecule has 1 saturated heterocycles. The summed E-state index contributed by atoms with van der Waals surface area (Å²) in [6.45, 7) is 3.93. The maximum absolute atomic E-state index is 13.9. The number of sulfonamides is 1. The van der Waals surface area contributed by atoms with Crippen molar-refractivity contribution in [3.63, 3.8) is 0 Å². The first-order valence-electron chi connectivity index (χ1n) is 6.27. The molecule has 0 spiro atoms. The molecular formula is C13H18FNO3S. The Hall–Kier alpha value is -0.980. The number of aliphatic hydroxyl groups is 1. The standard InChI is InChI=1S/C13H18FNO3S/c1-9-5-10(2)15(7-9)19(17,18)13-4-3-11(8-16)6-12(13)14/h3-4,6,9-10,16H,5,7-8H2,1-2H3. The lowest BCUT2D eigenvalue weighted by Crippen LogP contribution is -2.34. The number of benzene rings is 1. The molecule has 1 fully saturated rings.